The van der Waals surface area contributed by atoms with Gasteiger partial charge < -0.3 is 9.47 Å². The van der Waals surface area contributed by atoms with E-state index < -0.39 is 0 Å². The van der Waals surface area contributed by atoms with Crippen LogP contribution in [0.3, 0.4) is 0 Å². The Balaban J connectivity index is 1.12. The van der Waals surface area contributed by atoms with Crippen LogP contribution < -0.4 is 19.3 Å². The van der Waals surface area contributed by atoms with Gasteiger partial charge >= 0.3 is 0 Å². The van der Waals surface area contributed by atoms with Crippen molar-refractivity contribution in [2.24, 2.45) is 0 Å². The summed E-state index contributed by atoms with van der Waals surface area (Å²) in [5.41, 5.74) is 3.53. The molecule has 45 heavy (non-hydrogen) atoms. The summed E-state index contributed by atoms with van der Waals surface area (Å²) in [7, 11) is 0. The van der Waals surface area contributed by atoms with E-state index in [1.807, 2.05) is 48.5 Å². The summed E-state index contributed by atoms with van der Waals surface area (Å²) in [4.78, 5) is 51.6. The molecule has 0 unspecified atom stereocenters. The average Bonchev–Trinajstić information content (AvgIpc) is 3.43. The number of nitrogens with zero attached hydrogens (tertiary/aromatic N) is 2. The van der Waals surface area contributed by atoms with Gasteiger partial charge in [0.1, 0.15) is 23.0 Å². The molecule has 0 saturated carbocycles. The Morgan fingerprint density at radius 1 is 0.511 bits per heavy atom. The summed E-state index contributed by atoms with van der Waals surface area (Å²) in [6, 6.07) is 29.4. The second-order valence-electron chi connectivity index (χ2n) is 11.5. The molecule has 224 valence electrons. The Labute approximate surface area is 260 Å². The normalized spacial score (nSPS) is 15.0. The van der Waals surface area contributed by atoms with Gasteiger partial charge in [0.25, 0.3) is 23.6 Å². The minimum absolute atomic E-state index is 0.334. The quantitative estimate of drug-likeness (QED) is 0.199. The number of rotatable bonds is 8. The van der Waals surface area contributed by atoms with Gasteiger partial charge in [0.2, 0.25) is 0 Å². The van der Waals surface area contributed by atoms with E-state index in [9.17, 15) is 19.2 Å². The lowest BCUT2D eigenvalue weighted by Crippen LogP contribution is -2.30. The average molecular weight is 599 g/mol. The van der Waals surface area contributed by atoms with E-state index >= 15 is 0 Å². The highest BCUT2D eigenvalue weighted by molar-refractivity contribution is 6.31. The zero-order valence-corrected chi connectivity index (χ0v) is 25.2. The van der Waals surface area contributed by atoms with Crippen molar-refractivity contribution in [3.05, 3.63) is 131 Å². The molecule has 0 saturated heterocycles. The Bertz CT molecular complexity index is 1780. The molecule has 8 heteroatoms. The molecular formula is C37H30N2O6. The number of hydrogen-bond acceptors (Lipinski definition) is 6. The summed E-state index contributed by atoms with van der Waals surface area (Å²) in [5, 5.41) is 0. The number of amides is 4. The number of imide groups is 2. The molecule has 0 N–H and O–H groups in total. The van der Waals surface area contributed by atoms with Gasteiger partial charge in [-0.2, -0.15) is 0 Å². The van der Waals surface area contributed by atoms with Gasteiger partial charge in [-0.05, 0) is 73.5 Å². The number of benzene rings is 4. The van der Waals surface area contributed by atoms with Crippen LogP contribution in [0, 0.1) is 0 Å². The molecule has 2 heterocycles. The van der Waals surface area contributed by atoms with Gasteiger partial charge in [-0.1, -0.05) is 50.2 Å². The summed E-state index contributed by atoms with van der Waals surface area (Å²) in [6.45, 7) is 7.50. The monoisotopic (exact) mass is 598 g/mol. The molecular weight excluding hydrogens is 568 g/mol. The third-order valence-corrected chi connectivity index (χ3v) is 7.98. The molecule has 0 bridgehead atoms. The third-order valence-electron chi connectivity index (χ3n) is 7.98. The molecule has 4 aromatic rings. The number of anilines is 2. The predicted octanol–water partition coefficient (Wildman–Crippen LogP) is 7.24. The van der Waals surface area contributed by atoms with Crippen molar-refractivity contribution >= 4 is 35.0 Å². The lowest BCUT2D eigenvalue weighted by atomic mass is 9.78. The lowest BCUT2D eigenvalue weighted by molar-refractivity contribution is -0.121. The summed E-state index contributed by atoms with van der Waals surface area (Å²) in [5.74, 6) is 0.860. The van der Waals surface area contributed by atoms with E-state index in [-0.39, 0.29) is 29.0 Å². The van der Waals surface area contributed by atoms with Crippen LogP contribution in [0.15, 0.2) is 120 Å². The minimum Gasteiger partial charge on any atom is -0.457 e. The van der Waals surface area contributed by atoms with Crippen LogP contribution in [-0.4, -0.2) is 23.6 Å². The Morgan fingerprint density at radius 3 is 1.22 bits per heavy atom. The standard InChI is InChI=1S/C37H30N2O6/c1-23-19-33(40)38(35(23)42)27-7-5-9-31(21-27)44-29-15-11-25(12-16-29)37(3,4)26-13-17-30(18-14-26)45-32-10-6-8-28(22-32)39-34(41)20-24(2)36(39)43/h5-22H,1-4H3. The largest absolute Gasteiger partial charge is 0.457 e. The zero-order valence-electron chi connectivity index (χ0n) is 25.2. The van der Waals surface area contributed by atoms with Crippen molar-refractivity contribution in [1.82, 2.24) is 0 Å². The highest BCUT2D eigenvalue weighted by atomic mass is 16.5. The van der Waals surface area contributed by atoms with Gasteiger partial charge in [-0.25, -0.2) is 9.80 Å². The van der Waals surface area contributed by atoms with E-state index in [4.69, 9.17) is 9.47 Å². The molecule has 0 atom stereocenters. The smallest absolute Gasteiger partial charge is 0.261 e. The van der Waals surface area contributed by atoms with Gasteiger partial charge in [-0.3, -0.25) is 19.2 Å². The molecule has 0 spiro atoms. The van der Waals surface area contributed by atoms with Gasteiger partial charge in [0, 0.05) is 40.8 Å². The van der Waals surface area contributed by atoms with Crippen LogP contribution in [0.4, 0.5) is 11.4 Å². The number of ether oxygens (including phenoxy) is 2. The fourth-order valence-electron chi connectivity index (χ4n) is 5.36. The van der Waals surface area contributed by atoms with Crippen LogP contribution in [0.5, 0.6) is 23.0 Å². The van der Waals surface area contributed by atoms with Crippen molar-refractivity contribution < 1.29 is 28.7 Å². The maximum Gasteiger partial charge on any atom is 0.261 e. The first-order chi connectivity index (χ1) is 21.5. The second-order valence-corrected chi connectivity index (χ2v) is 11.5. The third kappa shape index (κ3) is 5.65. The molecule has 0 fully saturated rings. The van der Waals surface area contributed by atoms with Crippen molar-refractivity contribution in [3.8, 4) is 23.0 Å². The van der Waals surface area contributed by atoms with Crippen LogP contribution in [0.2, 0.25) is 0 Å². The topological polar surface area (TPSA) is 93.2 Å². The van der Waals surface area contributed by atoms with Crippen LogP contribution in [-0.2, 0) is 24.6 Å². The molecule has 0 aromatic heterocycles. The van der Waals surface area contributed by atoms with E-state index in [1.165, 1.54) is 12.2 Å². The van der Waals surface area contributed by atoms with Gasteiger partial charge in [0.05, 0.1) is 11.4 Å². The summed E-state index contributed by atoms with van der Waals surface area (Å²) < 4.78 is 12.1. The molecule has 0 aliphatic carbocycles. The maximum absolute atomic E-state index is 12.4. The van der Waals surface area contributed by atoms with Crippen molar-refractivity contribution in [3.63, 3.8) is 0 Å². The lowest BCUT2D eigenvalue weighted by Gasteiger charge is -2.26. The summed E-state index contributed by atoms with van der Waals surface area (Å²) in [6.07, 6.45) is 2.66. The molecule has 2 aliphatic rings. The fraction of sp³-hybridized carbons (Fsp3) is 0.135. The molecule has 2 aliphatic heterocycles. The molecule has 6 rings (SSSR count). The molecule has 4 aromatic carbocycles. The van der Waals surface area contributed by atoms with E-state index in [0.717, 1.165) is 20.9 Å². The highest BCUT2D eigenvalue weighted by Crippen LogP contribution is 2.36. The molecule has 4 amide bonds. The first kappa shape index (κ1) is 29.3. The SMILES string of the molecule is CC1=CC(=O)N(c2cccc(Oc3ccc(C(C)(C)c4ccc(Oc5cccc(N6C(=O)C=C(C)C6=O)c5)cc4)cc3)c2)C1=O. The highest BCUT2D eigenvalue weighted by Gasteiger charge is 2.31. The molecule has 8 nitrogen and oxygen atoms in total. The van der Waals surface area contributed by atoms with Crippen LogP contribution in [0.1, 0.15) is 38.8 Å². The van der Waals surface area contributed by atoms with E-state index in [2.05, 4.69) is 13.8 Å². The van der Waals surface area contributed by atoms with Crippen LogP contribution in [0.25, 0.3) is 0 Å². The van der Waals surface area contributed by atoms with Gasteiger partial charge in [-0.15, -0.1) is 0 Å². The first-order valence-corrected chi connectivity index (χ1v) is 14.4. The van der Waals surface area contributed by atoms with Crippen molar-refractivity contribution in [2.75, 3.05) is 9.80 Å². The van der Waals surface area contributed by atoms with Crippen molar-refractivity contribution in [1.29, 1.82) is 0 Å². The van der Waals surface area contributed by atoms with Gasteiger partial charge in [0.15, 0.2) is 0 Å². The molecule has 0 radical (unpaired) electrons. The Morgan fingerprint density at radius 2 is 0.889 bits per heavy atom. The summed E-state index contributed by atoms with van der Waals surface area (Å²) >= 11 is 0. The number of carbonyl (C=O) groups is 4. The van der Waals surface area contributed by atoms with E-state index in [0.29, 0.717) is 45.5 Å². The Kier molecular flexibility index (Phi) is 7.42. The fourth-order valence-corrected chi connectivity index (χ4v) is 5.36. The number of carbonyl (C=O) groups excluding carboxylic acids is 4. The predicted molar refractivity (Wildman–Crippen MR) is 171 cm³/mol. The first-order valence-electron chi connectivity index (χ1n) is 14.4. The number of hydrogen-bond donors (Lipinski definition) is 0. The van der Waals surface area contributed by atoms with Crippen molar-refractivity contribution in [2.45, 2.75) is 33.1 Å². The minimum atomic E-state index is -0.365. The Hall–Kier alpha value is -5.76. The van der Waals surface area contributed by atoms with Crippen LogP contribution >= 0.6 is 0 Å². The zero-order chi connectivity index (χ0) is 31.9. The maximum atomic E-state index is 12.4. The second kappa shape index (κ2) is 11.4. The van der Waals surface area contributed by atoms with E-state index in [1.54, 1.807) is 62.4 Å².